The van der Waals surface area contributed by atoms with Gasteiger partial charge >= 0.3 is 0 Å². The number of halogens is 3. The van der Waals surface area contributed by atoms with E-state index >= 15 is 0 Å². The van der Waals surface area contributed by atoms with E-state index in [9.17, 15) is 13.9 Å². The van der Waals surface area contributed by atoms with Crippen molar-refractivity contribution in [2.75, 3.05) is 0 Å². The van der Waals surface area contributed by atoms with Crippen LogP contribution in [0.25, 0.3) is 0 Å². The van der Waals surface area contributed by atoms with Gasteiger partial charge in [0.25, 0.3) is 0 Å². The van der Waals surface area contributed by atoms with Gasteiger partial charge in [-0.25, -0.2) is 8.78 Å². The summed E-state index contributed by atoms with van der Waals surface area (Å²) in [5.41, 5.74) is 1.30. The summed E-state index contributed by atoms with van der Waals surface area (Å²) in [5, 5.41) is 10.1. The van der Waals surface area contributed by atoms with E-state index in [1.807, 2.05) is 0 Å². The molecule has 1 nitrogen and oxygen atoms in total. The average Bonchev–Trinajstić information content (AvgIpc) is 2.35. The van der Waals surface area contributed by atoms with E-state index in [2.05, 4.69) is 15.9 Å². The molecule has 2 aromatic rings. The molecule has 0 saturated carbocycles. The fraction of sp³-hybridized carbons (Fsp3) is 0.143. The van der Waals surface area contributed by atoms with E-state index in [4.69, 9.17) is 0 Å². The number of hydrogen-bond donors (Lipinski definition) is 1. The summed E-state index contributed by atoms with van der Waals surface area (Å²) in [7, 11) is 0. The maximum atomic E-state index is 13.4. The first-order valence-corrected chi connectivity index (χ1v) is 6.17. The fourth-order valence-electron chi connectivity index (χ4n) is 1.65. The van der Waals surface area contributed by atoms with Crippen molar-refractivity contribution in [1.29, 1.82) is 0 Å². The zero-order chi connectivity index (χ0) is 13.3. The lowest BCUT2D eigenvalue weighted by Gasteiger charge is -2.12. The van der Waals surface area contributed by atoms with Crippen LogP contribution in [0.4, 0.5) is 8.78 Å². The Labute approximate surface area is 112 Å². The topological polar surface area (TPSA) is 20.2 Å². The molecule has 2 aromatic carbocycles. The van der Waals surface area contributed by atoms with Crippen LogP contribution in [-0.4, -0.2) is 5.11 Å². The zero-order valence-electron chi connectivity index (χ0n) is 9.62. The molecule has 0 spiro atoms. The van der Waals surface area contributed by atoms with Gasteiger partial charge in [-0.05, 0) is 57.7 Å². The molecule has 4 heteroatoms. The molecule has 0 amide bonds. The van der Waals surface area contributed by atoms with Gasteiger partial charge in [-0.15, -0.1) is 0 Å². The van der Waals surface area contributed by atoms with Crippen LogP contribution in [0.2, 0.25) is 0 Å². The van der Waals surface area contributed by atoms with Crippen molar-refractivity contribution in [3.8, 4) is 0 Å². The van der Waals surface area contributed by atoms with Crippen LogP contribution < -0.4 is 0 Å². The molecule has 94 valence electrons. The molecule has 0 bridgehead atoms. The Bertz CT molecular complexity index is 533. The summed E-state index contributed by atoms with van der Waals surface area (Å²) in [5.74, 6) is -0.844. The lowest BCUT2D eigenvalue weighted by atomic mass is 10.0. The first-order chi connectivity index (χ1) is 8.49. The molecule has 0 radical (unpaired) electrons. The molecule has 1 N–H and O–H groups in total. The molecule has 0 fully saturated rings. The Kier molecular flexibility index (Phi) is 3.78. The van der Waals surface area contributed by atoms with Gasteiger partial charge in [-0.1, -0.05) is 18.2 Å². The second kappa shape index (κ2) is 5.16. The molecule has 1 atom stereocenters. The van der Waals surface area contributed by atoms with E-state index < -0.39 is 11.9 Å². The Hall–Kier alpha value is -1.26. The number of aliphatic hydroxyl groups is 1. The molecule has 18 heavy (non-hydrogen) atoms. The first-order valence-electron chi connectivity index (χ1n) is 5.38. The maximum Gasteiger partial charge on any atom is 0.137 e. The predicted molar refractivity (Wildman–Crippen MR) is 69.3 cm³/mol. The highest BCUT2D eigenvalue weighted by molar-refractivity contribution is 9.10. The Morgan fingerprint density at radius 3 is 2.11 bits per heavy atom. The molecule has 0 heterocycles. The average molecular weight is 313 g/mol. The van der Waals surface area contributed by atoms with Gasteiger partial charge in [0.15, 0.2) is 0 Å². The van der Waals surface area contributed by atoms with Crippen LogP contribution in [0.5, 0.6) is 0 Å². The quantitative estimate of drug-likeness (QED) is 0.884. The summed E-state index contributed by atoms with van der Waals surface area (Å²) < 4.78 is 27.1. The monoisotopic (exact) mass is 312 g/mol. The molecule has 0 aromatic heterocycles. The van der Waals surface area contributed by atoms with E-state index in [1.54, 1.807) is 25.1 Å². The molecule has 0 aliphatic heterocycles. The van der Waals surface area contributed by atoms with Gasteiger partial charge in [-0.2, -0.15) is 0 Å². The zero-order valence-corrected chi connectivity index (χ0v) is 11.2. The second-order valence-corrected chi connectivity index (χ2v) is 4.94. The van der Waals surface area contributed by atoms with Crippen molar-refractivity contribution in [3.05, 3.63) is 69.2 Å². The van der Waals surface area contributed by atoms with Gasteiger partial charge < -0.3 is 5.11 Å². The highest BCUT2D eigenvalue weighted by Gasteiger charge is 2.13. The van der Waals surface area contributed by atoms with Crippen LogP contribution in [-0.2, 0) is 0 Å². The largest absolute Gasteiger partial charge is 0.384 e. The summed E-state index contributed by atoms with van der Waals surface area (Å²) in [6.07, 6.45) is -1.04. The maximum absolute atomic E-state index is 13.4. The van der Waals surface area contributed by atoms with Gasteiger partial charge in [-0.3, -0.25) is 0 Å². The van der Waals surface area contributed by atoms with Crippen molar-refractivity contribution in [1.82, 2.24) is 0 Å². The highest BCUT2D eigenvalue weighted by Crippen LogP contribution is 2.26. The van der Waals surface area contributed by atoms with Crippen molar-refractivity contribution in [2.45, 2.75) is 13.0 Å². The van der Waals surface area contributed by atoms with Gasteiger partial charge in [0.2, 0.25) is 0 Å². The summed E-state index contributed by atoms with van der Waals surface area (Å²) >= 11 is 3.04. The number of hydrogen-bond acceptors (Lipinski definition) is 1. The third kappa shape index (κ3) is 2.60. The molecule has 1 unspecified atom stereocenters. The van der Waals surface area contributed by atoms with E-state index in [-0.39, 0.29) is 5.82 Å². The first kappa shape index (κ1) is 13.2. The normalized spacial score (nSPS) is 12.5. The minimum atomic E-state index is -1.04. The molecule has 0 saturated heterocycles. The number of benzene rings is 2. The van der Waals surface area contributed by atoms with Gasteiger partial charge in [0, 0.05) is 0 Å². The molecule has 0 aliphatic rings. The van der Waals surface area contributed by atoms with Crippen molar-refractivity contribution in [3.63, 3.8) is 0 Å². The smallest absolute Gasteiger partial charge is 0.137 e. The predicted octanol–water partition coefficient (Wildman–Crippen LogP) is 4.12. The SMILES string of the molecule is Cc1ccc(C(O)c2ccc(Br)c(F)c2)cc1F. The Morgan fingerprint density at radius 1 is 1.00 bits per heavy atom. The lowest BCUT2D eigenvalue weighted by molar-refractivity contribution is 0.219. The lowest BCUT2D eigenvalue weighted by Crippen LogP contribution is -2.01. The van der Waals surface area contributed by atoms with Crippen molar-refractivity contribution < 1.29 is 13.9 Å². The molecular formula is C14H11BrF2O. The minimum absolute atomic E-state index is 0.327. The molecular weight excluding hydrogens is 302 g/mol. The summed E-state index contributed by atoms with van der Waals surface area (Å²) in [6.45, 7) is 1.64. The highest BCUT2D eigenvalue weighted by atomic mass is 79.9. The van der Waals surface area contributed by atoms with Crippen LogP contribution in [0.3, 0.4) is 0 Å². The molecule has 0 aliphatic carbocycles. The van der Waals surface area contributed by atoms with Crippen molar-refractivity contribution in [2.24, 2.45) is 0 Å². The van der Waals surface area contributed by atoms with E-state index in [1.165, 1.54) is 18.2 Å². The van der Waals surface area contributed by atoms with E-state index in [0.717, 1.165) is 0 Å². The third-order valence-corrected chi connectivity index (χ3v) is 3.41. The number of rotatable bonds is 2. The van der Waals surface area contributed by atoms with Crippen molar-refractivity contribution >= 4 is 15.9 Å². The molecule has 2 rings (SSSR count). The Balaban J connectivity index is 2.37. The number of aryl methyl sites for hydroxylation is 1. The second-order valence-electron chi connectivity index (χ2n) is 4.08. The summed E-state index contributed by atoms with van der Waals surface area (Å²) in [4.78, 5) is 0. The van der Waals surface area contributed by atoms with Gasteiger partial charge in [0.05, 0.1) is 4.47 Å². The van der Waals surface area contributed by atoms with E-state index in [0.29, 0.717) is 21.2 Å². The van der Waals surface area contributed by atoms with Crippen LogP contribution in [0.15, 0.2) is 40.9 Å². The van der Waals surface area contributed by atoms with Crippen LogP contribution in [0, 0.1) is 18.6 Å². The standard InChI is InChI=1S/C14H11BrF2O/c1-8-2-3-9(6-12(8)16)14(18)10-4-5-11(15)13(17)7-10/h2-7,14,18H,1H3. The fourth-order valence-corrected chi connectivity index (χ4v) is 1.90. The van der Waals surface area contributed by atoms with Crippen LogP contribution >= 0.6 is 15.9 Å². The number of aliphatic hydroxyl groups excluding tert-OH is 1. The van der Waals surface area contributed by atoms with Gasteiger partial charge in [0.1, 0.15) is 17.7 Å². The Morgan fingerprint density at radius 2 is 1.56 bits per heavy atom. The summed E-state index contributed by atoms with van der Waals surface area (Å²) in [6, 6.07) is 8.81. The minimum Gasteiger partial charge on any atom is -0.384 e. The van der Waals surface area contributed by atoms with Crippen LogP contribution in [0.1, 0.15) is 22.8 Å². The third-order valence-electron chi connectivity index (χ3n) is 2.77.